The van der Waals surface area contributed by atoms with Gasteiger partial charge in [-0.3, -0.25) is 33.6 Å². The predicted molar refractivity (Wildman–Crippen MR) is 152 cm³/mol. The van der Waals surface area contributed by atoms with Crippen LogP contribution >= 0.6 is 0 Å². The highest BCUT2D eigenvalue weighted by molar-refractivity contribution is 5.95. The molecule has 1 heterocycles. The first-order chi connectivity index (χ1) is 19.6. The summed E-state index contributed by atoms with van der Waals surface area (Å²) in [6, 6.07) is -3.65. The van der Waals surface area contributed by atoms with Crippen LogP contribution in [0.2, 0.25) is 0 Å². The summed E-state index contributed by atoms with van der Waals surface area (Å²) in [6.07, 6.45) is -0.197. The second-order valence-corrected chi connectivity index (χ2v) is 11.5. The Labute approximate surface area is 246 Å². The first kappa shape index (κ1) is 36.4. The molecule has 5 atom stereocenters. The number of primary amides is 1. The van der Waals surface area contributed by atoms with Crippen molar-refractivity contribution in [1.82, 2.24) is 31.9 Å². The van der Waals surface area contributed by atoms with Crippen molar-refractivity contribution in [1.29, 1.82) is 0 Å². The van der Waals surface area contributed by atoms with Crippen LogP contribution in [0.5, 0.6) is 0 Å². The van der Waals surface area contributed by atoms with E-state index in [0.29, 0.717) is 6.42 Å². The monoisotopic (exact) mass is 597 g/mol. The number of hydrogen-bond donors (Lipinski definition) is 8. The molecule has 1 aliphatic rings. The molecule has 1 rings (SSSR count). The van der Waals surface area contributed by atoms with Crippen molar-refractivity contribution < 1.29 is 38.7 Å². The molecule has 0 aromatic heterocycles. The third-order valence-corrected chi connectivity index (χ3v) is 6.47. The Morgan fingerprint density at radius 1 is 0.810 bits per heavy atom. The quantitative estimate of drug-likeness (QED) is 0.0822. The molecule has 42 heavy (non-hydrogen) atoms. The molecule has 0 saturated carbocycles. The van der Waals surface area contributed by atoms with Crippen LogP contribution in [0.4, 0.5) is 0 Å². The van der Waals surface area contributed by atoms with E-state index in [9.17, 15) is 38.7 Å². The second-order valence-electron chi connectivity index (χ2n) is 11.5. The largest absolute Gasteiger partial charge is 0.392 e. The Morgan fingerprint density at radius 3 is 1.86 bits per heavy atom. The maximum absolute atomic E-state index is 13.1. The highest BCUT2D eigenvalue weighted by Crippen LogP contribution is 2.08. The third kappa shape index (κ3) is 14.3. The van der Waals surface area contributed by atoms with E-state index in [1.165, 1.54) is 6.92 Å². The molecule has 0 aromatic carbocycles. The third-order valence-electron chi connectivity index (χ3n) is 6.47. The molecule has 15 heteroatoms. The van der Waals surface area contributed by atoms with Gasteiger partial charge in [0, 0.05) is 13.0 Å². The molecule has 1 aliphatic heterocycles. The maximum atomic E-state index is 13.1. The van der Waals surface area contributed by atoms with Crippen LogP contribution in [-0.4, -0.2) is 96.2 Å². The number of amides is 6. The van der Waals surface area contributed by atoms with E-state index >= 15 is 0 Å². The molecule has 238 valence electrons. The highest BCUT2D eigenvalue weighted by atomic mass is 16.3. The van der Waals surface area contributed by atoms with Crippen molar-refractivity contribution >= 4 is 41.2 Å². The molecule has 0 aromatic rings. The van der Waals surface area contributed by atoms with Gasteiger partial charge in [-0.25, -0.2) is 0 Å². The Kier molecular flexibility index (Phi) is 15.7. The number of aliphatic hydroxyl groups excluding tert-OH is 1. The van der Waals surface area contributed by atoms with Gasteiger partial charge in [0.25, 0.3) is 0 Å². The molecule has 1 fully saturated rings. The van der Waals surface area contributed by atoms with Crippen LogP contribution < -0.4 is 37.6 Å². The van der Waals surface area contributed by atoms with E-state index in [4.69, 9.17) is 5.73 Å². The number of carbonyl (C=O) groups is 7. The van der Waals surface area contributed by atoms with Gasteiger partial charge >= 0.3 is 0 Å². The van der Waals surface area contributed by atoms with Gasteiger partial charge in [-0.15, -0.1) is 0 Å². The van der Waals surface area contributed by atoms with Gasteiger partial charge in [0.05, 0.1) is 31.3 Å². The summed E-state index contributed by atoms with van der Waals surface area (Å²) in [4.78, 5) is 86.4. The maximum Gasteiger partial charge on any atom is 0.243 e. The molecule has 6 amide bonds. The van der Waals surface area contributed by atoms with Gasteiger partial charge < -0.3 is 42.7 Å². The first-order valence-electron chi connectivity index (χ1n) is 14.2. The highest BCUT2D eigenvalue weighted by Gasteiger charge is 2.30. The number of hydrogen-bond acceptors (Lipinski definition) is 9. The minimum Gasteiger partial charge on any atom is -0.392 e. The van der Waals surface area contributed by atoms with Crippen molar-refractivity contribution in [2.24, 2.45) is 17.6 Å². The fourth-order valence-corrected chi connectivity index (χ4v) is 4.32. The lowest BCUT2D eigenvalue weighted by atomic mass is 10.0. The smallest absolute Gasteiger partial charge is 0.243 e. The van der Waals surface area contributed by atoms with Gasteiger partial charge in [-0.05, 0) is 44.4 Å². The van der Waals surface area contributed by atoms with Gasteiger partial charge in [0.2, 0.25) is 35.4 Å². The molecule has 0 radical (unpaired) electrons. The molecule has 1 saturated heterocycles. The molecule has 9 N–H and O–H groups in total. The van der Waals surface area contributed by atoms with E-state index < -0.39 is 78.8 Å². The van der Waals surface area contributed by atoms with Crippen molar-refractivity contribution in [2.75, 3.05) is 19.6 Å². The van der Waals surface area contributed by atoms with Crippen molar-refractivity contribution in [3.63, 3.8) is 0 Å². The van der Waals surface area contributed by atoms with E-state index in [2.05, 4.69) is 31.9 Å². The van der Waals surface area contributed by atoms with Gasteiger partial charge in [0.1, 0.15) is 12.1 Å². The van der Waals surface area contributed by atoms with Crippen molar-refractivity contribution in [2.45, 2.75) is 97.0 Å². The van der Waals surface area contributed by atoms with Crippen LogP contribution in [0.3, 0.4) is 0 Å². The van der Waals surface area contributed by atoms with E-state index in [0.717, 1.165) is 0 Å². The molecule has 0 spiro atoms. The molecule has 0 aliphatic carbocycles. The minimum atomic E-state index is -1.24. The Balaban J connectivity index is 2.81. The minimum absolute atomic E-state index is 0.0420. The number of nitrogens with two attached hydrogens (primary N) is 1. The Bertz CT molecular complexity index is 988. The van der Waals surface area contributed by atoms with Crippen molar-refractivity contribution in [3.8, 4) is 0 Å². The molecule has 0 bridgehead atoms. The summed E-state index contributed by atoms with van der Waals surface area (Å²) in [7, 11) is 0. The number of β-amino-alcohol motifs (C(OH)–C–C–N with tert-alkyl or cyclic N) is 1. The van der Waals surface area contributed by atoms with Crippen LogP contribution in [0.15, 0.2) is 0 Å². The number of ketones is 1. The van der Waals surface area contributed by atoms with Gasteiger partial charge in [0.15, 0.2) is 5.78 Å². The average molecular weight is 598 g/mol. The van der Waals surface area contributed by atoms with Crippen LogP contribution in [-0.2, 0) is 33.6 Å². The summed E-state index contributed by atoms with van der Waals surface area (Å²) in [6.45, 7) is 8.24. The number of Topliss-reactive ketones (excluding diaryl/α,β-unsaturated/α-hetero) is 1. The number of carbonyl (C=O) groups excluding carboxylic acids is 7. The lowest BCUT2D eigenvalue weighted by Gasteiger charge is -2.24. The Hall–Kier alpha value is -3.59. The van der Waals surface area contributed by atoms with Crippen LogP contribution in [0.1, 0.15) is 66.7 Å². The standard InChI is InChI=1S/C27H47N7O8/c1-14(2)8-19(16(5)35)33-24(39)13-31-26(41)21(9-15(3)4)34-27(42)18(6-7-22(28)37)32-23(38)12-30-25(40)20-10-17(36)11-29-20/h14-15,17-21,29,36H,6-13H2,1-5H3,(H2,28,37)(H,30,40)(H,31,41)(H,32,38)(H,33,39)(H,34,42)/t17-,18+,19+,20+,21+/m0/s1. The van der Waals surface area contributed by atoms with E-state index in [1.807, 2.05) is 27.7 Å². The SMILES string of the molecule is CC(=O)[C@@H](CC(C)C)NC(=O)CNC(=O)[C@@H](CC(C)C)NC(=O)[C@@H](CCC(N)=O)NC(=O)CNC(=O)[C@H]1C[C@H](O)CN1. The summed E-state index contributed by atoms with van der Waals surface area (Å²) in [5, 5.41) is 24.9. The summed E-state index contributed by atoms with van der Waals surface area (Å²) < 4.78 is 0. The van der Waals surface area contributed by atoms with Gasteiger partial charge in [-0.2, -0.15) is 0 Å². The topological polar surface area (TPSA) is 238 Å². The summed E-state index contributed by atoms with van der Waals surface area (Å²) in [5.74, 6) is -3.95. The predicted octanol–water partition coefficient (Wildman–Crippen LogP) is -2.66. The molecule has 15 nitrogen and oxygen atoms in total. The lowest BCUT2D eigenvalue weighted by molar-refractivity contribution is -0.133. The first-order valence-corrected chi connectivity index (χ1v) is 14.2. The van der Waals surface area contributed by atoms with E-state index in [1.54, 1.807) is 0 Å². The fourth-order valence-electron chi connectivity index (χ4n) is 4.32. The number of aliphatic hydroxyl groups is 1. The van der Waals surface area contributed by atoms with Gasteiger partial charge in [-0.1, -0.05) is 27.7 Å². The van der Waals surface area contributed by atoms with Crippen molar-refractivity contribution in [3.05, 3.63) is 0 Å². The second kappa shape index (κ2) is 18.1. The molecule has 0 unspecified atom stereocenters. The number of rotatable bonds is 18. The normalized spacial score (nSPS) is 18.5. The summed E-state index contributed by atoms with van der Waals surface area (Å²) >= 11 is 0. The fraction of sp³-hybridized carbons (Fsp3) is 0.741. The lowest BCUT2D eigenvalue weighted by Crippen LogP contribution is -2.56. The number of nitrogens with one attached hydrogen (secondary N) is 6. The Morgan fingerprint density at radius 2 is 1.36 bits per heavy atom. The zero-order valence-corrected chi connectivity index (χ0v) is 25.1. The van der Waals surface area contributed by atoms with E-state index in [-0.39, 0.29) is 49.8 Å². The van der Waals surface area contributed by atoms with Crippen LogP contribution in [0.25, 0.3) is 0 Å². The van der Waals surface area contributed by atoms with Crippen LogP contribution in [0, 0.1) is 11.8 Å². The summed E-state index contributed by atoms with van der Waals surface area (Å²) in [5.41, 5.74) is 5.22. The average Bonchev–Trinajstić information content (AvgIpc) is 3.32. The zero-order chi connectivity index (χ0) is 32.0. The zero-order valence-electron chi connectivity index (χ0n) is 25.1. The molecular formula is C27H47N7O8. The molecular weight excluding hydrogens is 550 g/mol.